The second kappa shape index (κ2) is 5.52. The lowest BCUT2D eigenvalue weighted by molar-refractivity contribution is 0.483. The number of hydrogen-bond donors (Lipinski definition) is 1. The molecule has 0 aliphatic heterocycles. The lowest BCUT2D eigenvalue weighted by atomic mass is 10.3. The smallest absolute Gasteiger partial charge is 0.177 e. The van der Waals surface area contributed by atoms with Crippen LogP contribution in [-0.2, 0) is 9.84 Å². The largest absolute Gasteiger partial charge is 0.455 e. The number of halogens is 2. The zero-order valence-corrected chi connectivity index (χ0v) is 12.8. The standard InChI is InChI=1S/C13H11Cl2NO3S/c1-20(17,18)12-4-2-3-11(13(12)16)19-8-5-6-9(14)10(15)7-8/h2-7H,16H2,1H3. The predicted molar refractivity (Wildman–Crippen MR) is 80.5 cm³/mol. The van der Waals surface area contributed by atoms with E-state index in [2.05, 4.69) is 0 Å². The molecule has 0 saturated carbocycles. The average Bonchev–Trinajstić information content (AvgIpc) is 2.35. The Labute approximate surface area is 127 Å². The van der Waals surface area contributed by atoms with Crippen molar-refractivity contribution in [3.63, 3.8) is 0 Å². The van der Waals surface area contributed by atoms with E-state index in [1.165, 1.54) is 12.1 Å². The van der Waals surface area contributed by atoms with Gasteiger partial charge >= 0.3 is 0 Å². The van der Waals surface area contributed by atoms with E-state index in [-0.39, 0.29) is 16.3 Å². The van der Waals surface area contributed by atoms with Crippen LogP contribution in [-0.4, -0.2) is 14.7 Å². The number of para-hydroxylation sites is 1. The molecule has 0 aromatic heterocycles. The monoisotopic (exact) mass is 331 g/mol. The molecule has 0 radical (unpaired) electrons. The number of ether oxygens (including phenoxy) is 1. The van der Waals surface area contributed by atoms with Gasteiger partial charge in [-0.3, -0.25) is 0 Å². The van der Waals surface area contributed by atoms with Crippen molar-refractivity contribution >= 4 is 38.7 Å². The summed E-state index contributed by atoms with van der Waals surface area (Å²) in [7, 11) is -3.42. The number of rotatable bonds is 3. The Kier molecular flexibility index (Phi) is 4.13. The molecule has 0 aliphatic carbocycles. The van der Waals surface area contributed by atoms with Crippen LogP contribution in [0, 0.1) is 0 Å². The van der Waals surface area contributed by atoms with Gasteiger partial charge in [0.2, 0.25) is 0 Å². The molecule has 7 heteroatoms. The highest BCUT2D eigenvalue weighted by molar-refractivity contribution is 7.90. The summed E-state index contributed by atoms with van der Waals surface area (Å²) in [5.74, 6) is 0.656. The van der Waals surface area contributed by atoms with E-state index in [0.29, 0.717) is 15.8 Å². The van der Waals surface area contributed by atoms with Gasteiger partial charge in [0.05, 0.1) is 20.6 Å². The molecule has 20 heavy (non-hydrogen) atoms. The fraction of sp³-hybridized carbons (Fsp3) is 0.0769. The van der Waals surface area contributed by atoms with Crippen molar-refractivity contribution in [2.75, 3.05) is 12.0 Å². The normalized spacial score (nSPS) is 11.3. The maximum atomic E-state index is 11.6. The van der Waals surface area contributed by atoms with Gasteiger partial charge in [-0.2, -0.15) is 0 Å². The van der Waals surface area contributed by atoms with Gasteiger partial charge in [0.1, 0.15) is 5.75 Å². The molecule has 106 valence electrons. The Morgan fingerprint density at radius 2 is 1.80 bits per heavy atom. The van der Waals surface area contributed by atoms with E-state index in [1.807, 2.05) is 0 Å². The van der Waals surface area contributed by atoms with Gasteiger partial charge in [-0.25, -0.2) is 8.42 Å². The van der Waals surface area contributed by atoms with Crippen LogP contribution in [0.1, 0.15) is 0 Å². The lowest BCUT2D eigenvalue weighted by Gasteiger charge is -2.11. The first kappa shape index (κ1) is 15.0. The van der Waals surface area contributed by atoms with Crippen LogP contribution in [0.2, 0.25) is 10.0 Å². The third-order valence-corrected chi connectivity index (χ3v) is 4.44. The third-order valence-electron chi connectivity index (χ3n) is 2.54. The first-order chi connectivity index (χ1) is 9.29. The Bertz CT molecular complexity index is 760. The second-order valence-corrected chi connectivity index (χ2v) is 6.92. The number of nitrogen functional groups attached to an aromatic ring is 1. The van der Waals surface area contributed by atoms with Crippen molar-refractivity contribution in [2.45, 2.75) is 4.90 Å². The highest BCUT2D eigenvalue weighted by atomic mass is 35.5. The first-order valence-corrected chi connectivity index (χ1v) is 8.15. The van der Waals surface area contributed by atoms with E-state index in [4.69, 9.17) is 33.7 Å². The first-order valence-electron chi connectivity index (χ1n) is 5.50. The topological polar surface area (TPSA) is 69.4 Å². The highest BCUT2D eigenvalue weighted by Gasteiger charge is 2.15. The molecule has 0 aliphatic rings. The molecule has 0 fully saturated rings. The molecule has 0 spiro atoms. The summed E-state index contributed by atoms with van der Waals surface area (Å²) in [6, 6.07) is 9.27. The van der Waals surface area contributed by atoms with Crippen molar-refractivity contribution in [1.29, 1.82) is 0 Å². The molecular weight excluding hydrogens is 321 g/mol. The van der Waals surface area contributed by atoms with E-state index < -0.39 is 9.84 Å². The summed E-state index contributed by atoms with van der Waals surface area (Å²) < 4.78 is 28.7. The maximum Gasteiger partial charge on any atom is 0.177 e. The summed E-state index contributed by atoms with van der Waals surface area (Å²) in [4.78, 5) is 0.0232. The van der Waals surface area contributed by atoms with E-state index >= 15 is 0 Å². The molecule has 2 aromatic rings. The van der Waals surface area contributed by atoms with E-state index in [1.54, 1.807) is 24.3 Å². The molecule has 4 nitrogen and oxygen atoms in total. The molecular formula is C13H11Cl2NO3S. The van der Waals surface area contributed by atoms with Gasteiger partial charge in [-0.05, 0) is 24.3 Å². The molecule has 0 heterocycles. The zero-order valence-electron chi connectivity index (χ0n) is 10.4. The van der Waals surface area contributed by atoms with Crippen molar-refractivity contribution in [3.05, 3.63) is 46.4 Å². The van der Waals surface area contributed by atoms with Crippen molar-refractivity contribution < 1.29 is 13.2 Å². The SMILES string of the molecule is CS(=O)(=O)c1cccc(Oc2ccc(Cl)c(Cl)c2)c1N. The number of nitrogens with two attached hydrogens (primary N) is 1. The molecule has 0 amide bonds. The molecule has 2 rings (SSSR count). The van der Waals surface area contributed by atoms with Crippen LogP contribution < -0.4 is 10.5 Å². The minimum atomic E-state index is -3.42. The zero-order chi connectivity index (χ0) is 14.9. The Hall–Kier alpha value is -1.43. The molecule has 2 aromatic carbocycles. The predicted octanol–water partition coefficient (Wildman–Crippen LogP) is 3.77. The molecule has 0 unspecified atom stereocenters. The summed E-state index contributed by atoms with van der Waals surface area (Å²) in [6.45, 7) is 0. The van der Waals surface area contributed by atoms with Crippen molar-refractivity contribution in [1.82, 2.24) is 0 Å². The van der Waals surface area contributed by atoms with Crippen LogP contribution in [0.5, 0.6) is 11.5 Å². The van der Waals surface area contributed by atoms with Crippen LogP contribution >= 0.6 is 23.2 Å². The minimum absolute atomic E-state index is 0.0232. The van der Waals surface area contributed by atoms with Crippen LogP contribution in [0.25, 0.3) is 0 Å². The highest BCUT2D eigenvalue weighted by Crippen LogP contribution is 2.34. The Morgan fingerprint density at radius 1 is 1.10 bits per heavy atom. The Balaban J connectivity index is 2.42. The van der Waals surface area contributed by atoms with Gasteiger partial charge in [0, 0.05) is 12.3 Å². The quantitative estimate of drug-likeness (QED) is 0.869. The summed E-state index contributed by atoms with van der Waals surface area (Å²) in [5.41, 5.74) is 5.88. The van der Waals surface area contributed by atoms with Crippen LogP contribution in [0.3, 0.4) is 0 Å². The molecule has 2 N–H and O–H groups in total. The minimum Gasteiger partial charge on any atom is -0.455 e. The fourth-order valence-corrected chi connectivity index (χ4v) is 2.72. The third kappa shape index (κ3) is 3.17. The van der Waals surface area contributed by atoms with E-state index in [0.717, 1.165) is 6.26 Å². The second-order valence-electron chi connectivity index (χ2n) is 4.12. The number of hydrogen-bond acceptors (Lipinski definition) is 4. The van der Waals surface area contributed by atoms with Gasteiger partial charge in [0.15, 0.2) is 15.6 Å². The van der Waals surface area contributed by atoms with Gasteiger partial charge in [0.25, 0.3) is 0 Å². The van der Waals surface area contributed by atoms with Crippen molar-refractivity contribution in [2.24, 2.45) is 0 Å². The van der Waals surface area contributed by atoms with E-state index in [9.17, 15) is 8.42 Å². The number of benzene rings is 2. The molecule has 0 atom stereocenters. The van der Waals surface area contributed by atoms with Gasteiger partial charge < -0.3 is 10.5 Å². The van der Waals surface area contributed by atoms with Crippen LogP contribution in [0.15, 0.2) is 41.3 Å². The maximum absolute atomic E-state index is 11.6. The average molecular weight is 332 g/mol. The molecule has 0 bridgehead atoms. The number of sulfone groups is 1. The summed E-state index contributed by atoms with van der Waals surface area (Å²) in [5, 5.41) is 0.735. The van der Waals surface area contributed by atoms with Gasteiger partial charge in [-0.1, -0.05) is 29.3 Å². The van der Waals surface area contributed by atoms with Gasteiger partial charge in [-0.15, -0.1) is 0 Å². The van der Waals surface area contributed by atoms with Crippen LogP contribution in [0.4, 0.5) is 5.69 Å². The fourth-order valence-electron chi connectivity index (χ4n) is 1.60. The number of anilines is 1. The lowest BCUT2D eigenvalue weighted by Crippen LogP contribution is -2.03. The summed E-state index contributed by atoms with van der Waals surface area (Å²) >= 11 is 11.7. The summed E-state index contributed by atoms with van der Waals surface area (Å²) in [6.07, 6.45) is 1.08. The molecule has 0 saturated heterocycles. The van der Waals surface area contributed by atoms with Crippen molar-refractivity contribution in [3.8, 4) is 11.5 Å². The Morgan fingerprint density at radius 3 is 2.40 bits per heavy atom.